The topological polar surface area (TPSA) is 35.6 Å². The number of urea groups is 1. The van der Waals surface area contributed by atoms with Gasteiger partial charge in [-0.1, -0.05) is 23.7 Å². The van der Waals surface area contributed by atoms with Crippen molar-refractivity contribution >= 4 is 29.0 Å². The van der Waals surface area contributed by atoms with E-state index >= 15 is 0 Å². The van der Waals surface area contributed by atoms with Crippen molar-refractivity contribution in [1.82, 2.24) is 4.90 Å². The number of rotatable bonds is 2. The van der Waals surface area contributed by atoms with Crippen LogP contribution in [0.15, 0.2) is 42.5 Å². The normalized spacial score (nSPS) is 14.6. The first-order valence-electron chi connectivity index (χ1n) is 8.16. The molecule has 1 heterocycles. The van der Waals surface area contributed by atoms with Gasteiger partial charge in [-0.15, -0.1) is 0 Å². The number of hydrogen-bond donors (Lipinski definition) is 1. The number of aryl methyl sites for hydroxylation is 2. The van der Waals surface area contributed by atoms with Crippen LogP contribution in [0.5, 0.6) is 0 Å². The minimum Gasteiger partial charge on any atom is -0.368 e. The summed E-state index contributed by atoms with van der Waals surface area (Å²) >= 11 is 5.94. The van der Waals surface area contributed by atoms with E-state index in [1.807, 2.05) is 55.1 Å². The molecule has 0 unspecified atom stereocenters. The van der Waals surface area contributed by atoms with Crippen LogP contribution in [0.25, 0.3) is 0 Å². The fourth-order valence-electron chi connectivity index (χ4n) is 2.88. The zero-order chi connectivity index (χ0) is 17.1. The maximum absolute atomic E-state index is 12.5. The van der Waals surface area contributed by atoms with Crippen molar-refractivity contribution in [3.05, 3.63) is 58.6 Å². The Morgan fingerprint density at radius 3 is 2.33 bits per heavy atom. The Labute approximate surface area is 148 Å². The lowest BCUT2D eigenvalue weighted by Gasteiger charge is -2.36. The number of piperazine rings is 1. The molecule has 0 spiro atoms. The predicted molar refractivity (Wildman–Crippen MR) is 100 cm³/mol. The molecule has 5 heteroatoms. The van der Waals surface area contributed by atoms with E-state index in [-0.39, 0.29) is 6.03 Å². The lowest BCUT2D eigenvalue weighted by Crippen LogP contribution is -2.50. The summed E-state index contributed by atoms with van der Waals surface area (Å²) in [6, 6.07) is 13.9. The summed E-state index contributed by atoms with van der Waals surface area (Å²) in [6.07, 6.45) is 0. The van der Waals surface area contributed by atoms with E-state index in [2.05, 4.69) is 16.3 Å². The third-order valence-electron chi connectivity index (χ3n) is 4.39. The maximum atomic E-state index is 12.5. The summed E-state index contributed by atoms with van der Waals surface area (Å²) in [5.41, 5.74) is 4.26. The lowest BCUT2D eigenvalue weighted by molar-refractivity contribution is 0.208. The molecule has 0 saturated carbocycles. The molecule has 24 heavy (non-hydrogen) atoms. The molecule has 1 saturated heterocycles. The third kappa shape index (κ3) is 3.82. The van der Waals surface area contributed by atoms with Gasteiger partial charge in [0, 0.05) is 42.6 Å². The molecule has 0 aromatic heterocycles. The van der Waals surface area contributed by atoms with Gasteiger partial charge in [-0.2, -0.15) is 0 Å². The van der Waals surface area contributed by atoms with Gasteiger partial charge < -0.3 is 15.1 Å². The van der Waals surface area contributed by atoms with Gasteiger partial charge in [0.2, 0.25) is 0 Å². The van der Waals surface area contributed by atoms with Gasteiger partial charge in [0.25, 0.3) is 0 Å². The summed E-state index contributed by atoms with van der Waals surface area (Å²) in [5.74, 6) is 0. The van der Waals surface area contributed by atoms with E-state index in [1.165, 1.54) is 0 Å². The van der Waals surface area contributed by atoms with Gasteiger partial charge in [0.15, 0.2) is 0 Å². The van der Waals surface area contributed by atoms with Crippen LogP contribution in [0.3, 0.4) is 0 Å². The Kier molecular flexibility index (Phi) is 4.95. The molecule has 2 aromatic carbocycles. The van der Waals surface area contributed by atoms with Crippen LogP contribution >= 0.6 is 11.6 Å². The van der Waals surface area contributed by atoms with Crippen molar-refractivity contribution in [2.75, 3.05) is 36.4 Å². The standard InChI is InChI=1S/C19H22ClN3O/c1-14-3-4-15(2)18(13-14)21-19(24)23-11-9-22(10-12-23)17-7-5-16(20)6-8-17/h3-8,13H,9-12H2,1-2H3,(H,21,24). The van der Waals surface area contributed by atoms with Crippen molar-refractivity contribution in [2.45, 2.75) is 13.8 Å². The Bertz CT molecular complexity index is 722. The molecule has 2 aromatic rings. The molecule has 0 aliphatic carbocycles. The molecule has 126 valence electrons. The van der Waals surface area contributed by atoms with E-state index in [1.54, 1.807) is 0 Å². The highest BCUT2D eigenvalue weighted by Crippen LogP contribution is 2.20. The first-order valence-corrected chi connectivity index (χ1v) is 8.54. The average Bonchev–Trinajstić information content (AvgIpc) is 2.59. The van der Waals surface area contributed by atoms with Crippen molar-refractivity contribution < 1.29 is 4.79 Å². The first-order chi connectivity index (χ1) is 11.5. The maximum Gasteiger partial charge on any atom is 0.321 e. The van der Waals surface area contributed by atoms with Crippen LogP contribution in [0, 0.1) is 13.8 Å². The Hall–Kier alpha value is -2.20. The van der Waals surface area contributed by atoms with Crippen molar-refractivity contribution in [3.8, 4) is 0 Å². The molecule has 1 aliphatic heterocycles. The number of anilines is 2. The number of amides is 2. The molecular weight excluding hydrogens is 322 g/mol. The largest absolute Gasteiger partial charge is 0.368 e. The number of carbonyl (C=O) groups excluding carboxylic acids is 1. The highest BCUT2D eigenvalue weighted by Gasteiger charge is 2.21. The van der Waals surface area contributed by atoms with E-state index in [0.29, 0.717) is 13.1 Å². The van der Waals surface area contributed by atoms with Gasteiger partial charge in [-0.3, -0.25) is 0 Å². The molecule has 4 nitrogen and oxygen atoms in total. The number of halogens is 1. The van der Waals surface area contributed by atoms with Crippen LogP contribution in [0.1, 0.15) is 11.1 Å². The van der Waals surface area contributed by atoms with E-state index in [9.17, 15) is 4.79 Å². The van der Waals surface area contributed by atoms with Crippen LogP contribution < -0.4 is 10.2 Å². The summed E-state index contributed by atoms with van der Waals surface area (Å²) in [7, 11) is 0. The van der Waals surface area contributed by atoms with Crippen LogP contribution in [0.4, 0.5) is 16.2 Å². The van der Waals surface area contributed by atoms with Crippen molar-refractivity contribution in [1.29, 1.82) is 0 Å². The Morgan fingerprint density at radius 1 is 1.00 bits per heavy atom. The van der Waals surface area contributed by atoms with Gasteiger partial charge >= 0.3 is 6.03 Å². The number of carbonyl (C=O) groups is 1. The summed E-state index contributed by atoms with van der Waals surface area (Å²) < 4.78 is 0. The molecule has 1 fully saturated rings. The molecule has 2 amide bonds. The second-order valence-corrected chi connectivity index (χ2v) is 6.64. The SMILES string of the molecule is Cc1ccc(C)c(NC(=O)N2CCN(c3ccc(Cl)cc3)CC2)c1. The minimum absolute atomic E-state index is 0.0283. The van der Waals surface area contributed by atoms with Crippen molar-refractivity contribution in [2.24, 2.45) is 0 Å². The molecule has 0 atom stereocenters. The van der Waals surface area contributed by atoms with Gasteiger partial charge in [-0.25, -0.2) is 4.79 Å². The number of hydrogen-bond acceptors (Lipinski definition) is 2. The highest BCUT2D eigenvalue weighted by molar-refractivity contribution is 6.30. The second-order valence-electron chi connectivity index (χ2n) is 6.20. The van der Waals surface area contributed by atoms with Gasteiger partial charge in [0.1, 0.15) is 0 Å². The number of benzene rings is 2. The van der Waals surface area contributed by atoms with E-state index in [0.717, 1.165) is 40.6 Å². The molecular formula is C19H22ClN3O. The summed E-state index contributed by atoms with van der Waals surface area (Å²) in [4.78, 5) is 16.6. The first kappa shape index (κ1) is 16.7. The van der Waals surface area contributed by atoms with Gasteiger partial charge in [0.05, 0.1) is 0 Å². The summed E-state index contributed by atoms with van der Waals surface area (Å²) in [5, 5.41) is 3.77. The number of nitrogens with one attached hydrogen (secondary N) is 1. The zero-order valence-electron chi connectivity index (χ0n) is 14.1. The fourth-order valence-corrected chi connectivity index (χ4v) is 3.01. The average molecular weight is 344 g/mol. The Morgan fingerprint density at radius 2 is 1.67 bits per heavy atom. The van der Waals surface area contributed by atoms with Crippen LogP contribution in [-0.4, -0.2) is 37.1 Å². The molecule has 3 rings (SSSR count). The second kappa shape index (κ2) is 7.14. The highest BCUT2D eigenvalue weighted by atomic mass is 35.5. The third-order valence-corrected chi connectivity index (χ3v) is 4.65. The van der Waals surface area contributed by atoms with Crippen LogP contribution in [0.2, 0.25) is 5.02 Å². The molecule has 0 bridgehead atoms. The molecule has 1 aliphatic rings. The zero-order valence-corrected chi connectivity index (χ0v) is 14.8. The minimum atomic E-state index is -0.0283. The quantitative estimate of drug-likeness (QED) is 0.881. The fraction of sp³-hybridized carbons (Fsp3) is 0.316. The molecule has 1 N–H and O–H groups in total. The van der Waals surface area contributed by atoms with E-state index in [4.69, 9.17) is 11.6 Å². The lowest BCUT2D eigenvalue weighted by atomic mass is 10.1. The van der Waals surface area contributed by atoms with Gasteiger partial charge in [-0.05, 0) is 55.3 Å². The smallest absolute Gasteiger partial charge is 0.321 e. The summed E-state index contributed by atoms with van der Waals surface area (Å²) in [6.45, 7) is 7.09. The molecule has 0 radical (unpaired) electrons. The predicted octanol–water partition coefficient (Wildman–Crippen LogP) is 4.31. The van der Waals surface area contributed by atoms with E-state index < -0.39 is 0 Å². The van der Waals surface area contributed by atoms with Crippen molar-refractivity contribution in [3.63, 3.8) is 0 Å². The number of nitrogens with zero attached hydrogens (tertiary/aromatic N) is 2. The Balaban J connectivity index is 1.59. The monoisotopic (exact) mass is 343 g/mol. The van der Waals surface area contributed by atoms with Crippen LogP contribution in [-0.2, 0) is 0 Å².